The van der Waals surface area contributed by atoms with Crippen molar-refractivity contribution in [3.05, 3.63) is 94.5 Å². The molecule has 0 spiro atoms. The van der Waals surface area contributed by atoms with Crippen LogP contribution in [0.5, 0.6) is 11.5 Å². The van der Waals surface area contributed by atoms with E-state index in [9.17, 15) is 0 Å². The van der Waals surface area contributed by atoms with Crippen molar-refractivity contribution in [3.63, 3.8) is 0 Å². The van der Waals surface area contributed by atoms with Crippen molar-refractivity contribution in [1.29, 1.82) is 0 Å². The van der Waals surface area contributed by atoms with Crippen molar-refractivity contribution in [2.45, 2.75) is 19.6 Å². The van der Waals surface area contributed by atoms with E-state index in [1.807, 2.05) is 42.5 Å². The molecule has 0 amide bonds. The number of methoxy groups -OCH3 is 1. The molecule has 0 saturated heterocycles. The molecular formula is C23H24ClNO2. The van der Waals surface area contributed by atoms with E-state index in [1.165, 1.54) is 5.56 Å². The number of para-hydroxylation sites is 1. The summed E-state index contributed by atoms with van der Waals surface area (Å²) in [7, 11) is 1.67. The molecule has 1 N–H and O–H groups in total. The van der Waals surface area contributed by atoms with Crippen molar-refractivity contribution in [1.82, 2.24) is 5.32 Å². The SMILES string of the molecule is COc1cccc(CNCCc2ccc(Cl)cc2)c1OCc1ccccc1. The van der Waals surface area contributed by atoms with Gasteiger partial charge in [0, 0.05) is 17.1 Å². The number of halogens is 1. The topological polar surface area (TPSA) is 30.5 Å². The van der Waals surface area contributed by atoms with Crippen LogP contribution in [0.15, 0.2) is 72.8 Å². The average Bonchev–Trinajstić information content (AvgIpc) is 2.72. The third kappa shape index (κ3) is 5.75. The summed E-state index contributed by atoms with van der Waals surface area (Å²) in [6.07, 6.45) is 0.946. The van der Waals surface area contributed by atoms with Gasteiger partial charge < -0.3 is 14.8 Å². The Kier molecular flexibility index (Phi) is 7.14. The van der Waals surface area contributed by atoms with Crippen LogP contribution in [0.1, 0.15) is 16.7 Å². The first-order valence-corrected chi connectivity index (χ1v) is 9.42. The smallest absolute Gasteiger partial charge is 0.166 e. The van der Waals surface area contributed by atoms with Gasteiger partial charge in [0.05, 0.1) is 7.11 Å². The second-order valence-electron chi connectivity index (χ2n) is 6.28. The molecule has 27 heavy (non-hydrogen) atoms. The largest absolute Gasteiger partial charge is 0.493 e. The van der Waals surface area contributed by atoms with Gasteiger partial charge in [-0.3, -0.25) is 0 Å². The molecule has 0 fully saturated rings. The van der Waals surface area contributed by atoms with Gasteiger partial charge in [-0.1, -0.05) is 66.2 Å². The monoisotopic (exact) mass is 381 g/mol. The zero-order chi connectivity index (χ0) is 18.9. The van der Waals surface area contributed by atoms with Crippen molar-refractivity contribution in [3.8, 4) is 11.5 Å². The summed E-state index contributed by atoms with van der Waals surface area (Å²) >= 11 is 5.93. The minimum absolute atomic E-state index is 0.513. The van der Waals surface area contributed by atoms with Gasteiger partial charge in [-0.05, 0) is 42.3 Å². The van der Waals surface area contributed by atoms with E-state index in [1.54, 1.807) is 7.11 Å². The van der Waals surface area contributed by atoms with E-state index in [-0.39, 0.29) is 0 Å². The molecule has 0 aliphatic carbocycles. The van der Waals surface area contributed by atoms with Gasteiger partial charge in [0.1, 0.15) is 6.61 Å². The molecule has 0 aromatic heterocycles. The minimum Gasteiger partial charge on any atom is -0.493 e. The number of hydrogen-bond acceptors (Lipinski definition) is 3. The zero-order valence-electron chi connectivity index (χ0n) is 15.5. The number of nitrogens with one attached hydrogen (secondary N) is 1. The Balaban J connectivity index is 1.59. The predicted octanol–water partition coefficient (Wildman–Crippen LogP) is 5.26. The molecule has 0 aliphatic rings. The lowest BCUT2D eigenvalue weighted by atomic mass is 10.1. The Morgan fingerprint density at radius 3 is 2.37 bits per heavy atom. The Morgan fingerprint density at radius 1 is 0.852 bits per heavy atom. The highest BCUT2D eigenvalue weighted by molar-refractivity contribution is 6.30. The van der Waals surface area contributed by atoms with Crippen molar-refractivity contribution in [2.24, 2.45) is 0 Å². The van der Waals surface area contributed by atoms with Crippen molar-refractivity contribution < 1.29 is 9.47 Å². The van der Waals surface area contributed by atoms with Gasteiger partial charge in [-0.2, -0.15) is 0 Å². The van der Waals surface area contributed by atoms with Crippen LogP contribution in [0.4, 0.5) is 0 Å². The van der Waals surface area contributed by atoms with Crippen LogP contribution in [-0.4, -0.2) is 13.7 Å². The summed E-state index contributed by atoms with van der Waals surface area (Å²) in [5.74, 6) is 1.55. The van der Waals surface area contributed by atoms with Gasteiger partial charge >= 0.3 is 0 Å². The number of ether oxygens (including phenoxy) is 2. The molecule has 3 aromatic rings. The van der Waals surface area contributed by atoms with Gasteiger partial charge in [0.15, 0.2) is 11.5 Å². The van der Waals surface area contributed by atoms with Gasteiger partial charge in [0.2, 0.25) is 0 Å². The van der Waals surface area contributed by atoms with E-state index in [0.717, 1.165) is 47.2 Å². The molecule has 0 bridgehead atoms. The zero-order valence-corrected chi connectivity index (χ0v) is 16.2. The molecule has 0 saturated carbocycles. The third-order valence-corrected chi connectivity index (χ3v) is 4.58. The van der Waals surface area contributed by atoms with E-state index >= 15 is 0 Å². The first-order chi connectivity index (χ1) is 13.3. The molecule has 4 heteroatoms. The van der Waals surface area contributed by atoms with E-state index in [2.05, 4.69) is 35.6 Å². The Labute approximate surface area is 165 Å². The van der Waals surface area contributed by atoms with Crippen LogP contribution in [0.2, 0.25) is 5.02 Å². The molecule has 3 aromatic carbocycles. The third-order valence-electron chi connectivity index (χ3n) is 4.33. The van der Waals surface area contributed by atoms with Crippen molar-refractivity contribution in [2.75, 3.05) is 13.7 Å². The number of benzene rings is 3. The Bertz CT molecular complexity index is 835. The second-order valence-corrected chi connectivity index (χ2v) is 6.71. The van der Waals surface area contributed by atoms with Crippen LogP contribution >= 0.6 is 11.6 Å². The van der Waals surface area contributed by atoms with Crippen molar-refractivity contribution >= 4 is 11.6 Å². The Hall–Kier alpha value is -2.49. The summed E-state index contributed by atoms with van der Waals surface area (Å²) < 4.78 is 11.6. The lowest BCUT2D eigenvalue weighted by Crippen LogP contribution is -2.17. The molecule has 3 rings (SSSR count). The average molecular weight is 382 g/mol. The summed E-state index contributed by atoms with van der Waals surface area (Å²) in [5, 5.41) is 4.25. The fourth-order valence-electron chi connectivity index (χ4n) is 2.86. The molecule has 140 valence electrons. The quantitative estimate of drug-likeness (QED) is 0.513. The van der Waals surface area contributed by atoms with E-state index < -0.39 is 0 Å². The van der Waals surface area contributed by atoms with Crippen LogP contribution in [0.25, 0.3) is 0 Å². The lowest BCUT2D eigenvalue weighted by Gasteiger charge is -2.16. The first kappa shape index (κ1) is 19.3. The summed E-state index contributed by atoms with van der Waals surface area (Å²) in [4.78, 5) is 0. The maximum absolute atomic E-state index is 6.09. The molecule has 0 radical (unpaired) electrons. The fraction of sp³-hybridized carbons (Fsp3) is 0.217. The second kappa shape index (κ2) is 10.0. The van der Waals surface area contributed by atoms with Crippen LogP contribution in [-0.2, 0) is 19.6 Å². The fourth-order valence-corrected chi connectivity index (χ4v) is 2.99. The maximum atomic E-state index is 6.09. The Morgan fingerprint density at radius 2 is 1.63 bits per heavy atom. The van der Waals surface area contributed by atoms with E-state index in [0.29, 0.717) is 6.61 Å². The standard InChI is InChI=1S/C23H24ClNO2/c1-26-22-9-5-8-20(23(22)27-17-19-6-3-2-4-7-19)16-25-15-14-18-10-12-21(24)13-11-18/h2-13,25H,14-17H2,1H3. The molecule has 3 nitrogen and oxygen atoms in total. The highest BCUT2D eigenvalue weighted by atomic mass is 35.5. The predicted molar refractivity (Wildman–Crippen MR) is 111 cm³/mol. The molecular weight excluding hydrogens is 358 g/mol. The maximum Gasteiger partial charge on any atom is 0.166 e. The highest BCUT2D eigenvalue weighted by Crippen LogP contribution is 2.31. The summed E-state index contributed by atoms with van der Waals surface area (Å²) in [6, 6.07) is 24.1. The van der Waals surface area contributed by atoms with Gasteiger partial charge in [-0.15, -0.1) is 0 Å². The summed E-state index contributed by atoms with van der Waals surface area (Å²) in [5.41, 5.74) is 3.48. The lowest BCUT2D eigenvalue weighted by molar-refractivity contribution is 0.280. The van der Waals surface area contributed by atoms with Gasteiger partial charge in [0.25, 0.3) is 0 Å². The number of rotatable bonds is 9. The minimum atomic E-state index is 0.513. The molecule has 0 heterocycles. The van der Waals surface area contributed by atoms with Crippen LogP contribution < -0.4 is 14.8 Å². The summed E-state index contributed by atoms with van der Waals surface area (Å²) in [6.45, 7) is 2.10. The first-order valence-electron chi connectivity index (χ1n) is 9.04. The molecule has 0 unspecified atom stereocenters. The van der Waals surface area contributed by atoms with Crippen LogP contribution in [0.3, 0.4) is 0 Å². The van der Waals surface area contributed by atoms with Gasteiger partial charge in [-0.25, -0.2) is 0 Å². The highest BCUT2D eigenvalue weighted by Gasteiger charge is 2.10. The molecule has 0 aliphatic heterocycles. The number of hydrogen-bond donors (Lipinski definition) is 1. The van der Waals surface area contributed by atoms with Crippen LogP contribution in [0, 0.1) is 0 Å². The molecule has 0 atom stereocenters. The van der Waals surface area contributed by atoms with E-state index in [4.69, 9.17) is 21.1 Å². The normalized spacial score (nSPS) is 10.6.